The molecule has 2 heterocycles. The molecule has 0 aliphatic heterocycles. The Kier molecular flexibility index (Phi) is 5.56. The van der Waals surface area contributed by atoms with Gasteiger partial charge in [-0.05, 0) is 37.1 Å². The number of hydrogen-bond donors (Lipinski definition) is 2. The number of fused-ring (bicyclic) bond motifs is 3. The highest BCUT2D eigenvalue weighted by Gasteiger charge is 2.12. The number of anilines is 1. The molecule has 6 nitrogen and oxygen atoms in total. The van der Waals surface area contributed by atoms with E-state index in [-0.39, 0.29) is 5.91 Å². The Bertz CT molecular complexity index is 1200. The summed E-state index contributed by atoms with van der Waals surface area (Å²) in [6.45, 7) is 1.34. The molecule has 0 aliphatic carbocycles. The number of hydrogen-bond acceptors (Lipinski definition) is 4. The van der Waals surface area contributed by atoms with Gasteiger partial charge in [-0.2, -0.15) is 0 Å². The van der Waals surface area contributed by atoms with Crippen LogP contribution in [0.5, 0.6) is 0 Å². The highest BCUT2D eigenvalue weighted by atomic mass is 35.5. The molecule has 4 rings (SSSR count). The Hall–Kier alpha value is -2.83. The number of rotatable bonds is 6. The predicted molar refractivity (Wildman–Crippen MR) is 117 cm³/mol. The van der Waals surface area contributed by atoms with Crippen LogP contribution in [0.1, 0.15) is 23.2 Å². The van der Waals surface area contributed by atoms with Gasteiger partial charge >= 0.3 is 0 Å². The minimum absolute atomic E-state index is 0.165. The van der Waals surface area contributed by atoms with Gasteiger partial charge in [0.1, 0.15) is 5.52 Å². The average Bonchev–Trinajstić information content (AvgIpc) is 3.15. The summed E-state index contributed by atoms with van der Waals surface area (Å²) >= 11 is 11.8. The van der Waals surface area contributed by atoms with Gasteiger partial charge in [0.05, 0.1) is 27.4 Å². The molecule has 0 aliphatic rings. The smallest absolute Gasteiger partial charge is 0.251 e. The first kappa shape index (κ1) is 19.5. The molecule has 3 N–H and O–H groups in total. The van der Waals surface area contributed by atoms with Gasteiger partial charge in [-0.25, -0.2) is 9.97 Å². The molecule has 2 aromatic carbocycles. The van der Waals surface area contributed by atoms with Gasteiger partial charge in [-0.1, -0.05) is 41.4 Å². The van der Waals surface area contributed by atoms with Crippen LogP contribution in [0.15, 0.2) is 48.8 Å². The minimum atomic E-state index is -0.165. The molecule has 0 radical (unpaired) electrons. The summed E-state index contributed by atoms with van der Waals surface area (Å²) in [6, 6.07) is 12.7. The van der Waals surface area contributed by atoms with E-state index in [1.807, 2.05) is 24.3 Å². The van der Waals surface area contributed by atoms with Crippen LogP contribution in [0.2, 0.25) is 10.0 Å². The van der Waals surface area contributed by atoms with Gasteiger partial charge in [0, 0.05) is 24.0 Å². The van der Waals surface area contributed by atoms with E-state index in [0.717, 1.165) is 41.3 Å². The summed E-state index contributed by atoms with van der Waals surface area (Å²) in [6.07, 6.45) is 3.50. The number of pyridine rings is 1. The third-order valence-electron chi connectivity index (χ3n) is 4.77. The van der Waals surface area contributed by atoms with Gasteiger partial charge in [0.15, 0.2) is 5.82 Å². The van der Waals surface area contributed by atoms with Crippen molar-refractivity contribution in [2.24, 2.45) is 0 Å². The lowest BCUT2D eigenvalue weighted by molar-refractivity contribution is 0.0953. The second kappa shape index (κ2) is 8.27. The molecule has 0 saturated heterocycles. The zero-order chi connectivity index (χ0) is 20.4. The van der Waals surface area contributed by atoms with Crippen LogP contribution in [0, 0.1) is 0 Å². The number of benzene rings is 2. The lowest BCUT2D eigenvalue weighted by atomic mass is 10.2. The van der Waals surface area contributed by atoms with Gasteiger partial charge < -0.3 is 15.6 Å². The topological polar surface area (TPSA) is 85.8 Å². The fourth-order valence-corrected chi connectivity index (χ4v) is 3.62. The number of amides is 1. The van der Waals surface area contributed by atoms with E-state index in [2.05, 4.69) is 19.9 Å². The zero-order valence-corrected chi connectivity index (χ0v) is 17.0. The predicted octanol–water partition coefficient (Wildman–Crippen LogP) is 4.68. The maximum atomic E-state index is 12.2. The number of halogens is 2. The number of para-hydroxylation sites is 1. The van der Waals surface area contributed by atoms with Crippen LogP contribution >= 0.6 is 23.2 Å². The van der Waals surface area contributed by atoms with E-state index < -0.39 is 0 Å². The Labute approximate surface area is 177 Å². The van der Waals surface area contributed by atoms with E-state index in [4.69, 9.17) is 28.9 Å². The highest BCUT2D eigenvalue weighted by Crippen LogP contribution is 2.27. The number of nitrogen functional groups attached to an aromatic ring is 1. The largest absolute Gasteiger partial charge is 0.382 e. The van der Waals surface area contributed by atoms with Crippen LogP contribution in [0.3, 0.4) is 0 Å². The van der Waals surface area contributed by atoms with Crippen LogP contribution in [0.4, 0.5) is 5.82 Å². The maximum Gasteiger partial charge on any atom is 0.251 e. The van der Waals surface area contributed by atoms with Crippen molar-refractivity contribution >= 4 is 56.9 Å². The number of imidazole rings is 1. The number of unbranched alkanes of at least 4 members (excludes halogenated alkanes) is 1. The summed E-state index contributed by atoms with van der Waals surface area (Å²) < 4.78 is 2.09. The van der Waals surface area contributed by atoms with E-state index in [9.17, 15) is 4.79 Å². The number of carbonyl (C=O) groups excluding carboxylic acids is 1. The van der Waals surface area contributed by atoms with Crippen molar-refractivity contribution in [1.82, 2.24) is 19.9 Å². The Morgan fingerprint density at radius 2 is 1.93 bits per heavy atom. The first-order valence-electron chi connectivity index (χ1n) is 9.27. The molecule has 0 fully saturated rings. The summed E-state index contributed by atoms with van der Waals surface area (Å²) in [5.41, 5.74) is 9.13. The Morgan fingerprint density at radius 3 is 2.76 bits per heavy atom. The SMILES string of the molecule is Nc1nc2ccccc2c2c1ncn2CCCCNC(=O)c1ccc(Cl)c(Cl)c1. The summed E-state index contributed by atoms with van der Waals surface area (Å²) in [4.78, 5) is 21.1. The van der Waals surface area contributed by atoms with Crippen molar-refractivity contribution in [3.05, 3.63) is 64.4 Å². The van der Waals surface area contributed by atoms with Gasteiger partial charge in [0.25, 0.3) is 5.91 Å². The molecule has 2 aromatic heterocycles. The molecule has 0 atom stereocenters. The van der Waals surface area contributed by atoms with Crippen molar-refractivity contribution in [1.29, 1.82) is 0 Å². The van der Waals surface area contributed by atoms with Crippen LogP contribution in [-0.4, -0.2) is 27.0 Å². The molecule has 0 bridgehead atoms. The third-order valence-corrected chi connectivity index (χ3v) is 5.51. The van der Waals surface area contributed by atoms with Gasteiger partial charge in [-0.15, -0.1) is 0 Å². The maximum absolute atomic E-state index is 12.2. The van der Waals surface area contributed by atoms with Gasteiger partial charge in [0.2, 0.25) is 0 Å². The van der Waals surface area contributed by atoms with Crippen LogP contribution < -0.4 is 11.1 Å². The Morgan fingerprint density at radius 1 is 1.10 bits per heavy atom. The Balaban J connectivity index is 1.38. The molecule has 0 spiro atoms. The lowest BCUT2D eigenvalue weighted by Gasteiger charge is -2.09. The standard InChI is InChI=1S/C21H19Cl2N5O/c22-15-8-7-13(11-16(15)23)21(29)25-9-3-4-10-28-12-26-18-19(28)14-5-1-2-6-17(14)27-20(18)24/h1-2,5-8,11-12H,3-4,9-10H2,(H2,24,27)(H,25,29). The van der Waals surface area contributed by atoms with Crippen molar-refractivity contribution in [2.45, 2.75) is 19.4 Å². The highest BCUT2D eigenvalue weighted by molar-refractivity contribution is 6.42. The molecule has 29 heavy (non-hydrogen) atoms. The number of aryl methyl sites for hydroxylation is 1. The fourth-order valence-electron chi connectivity index (χ4n) is 3.32. The first-order valence-corrected chi connectivity index (χ1v) is 10.0. The third kappa shape index (κ3) is 3.99. The normalized spacial score (nSPS) is 11.2. The molecule has 4 aromatic rings. The zero-order valence-electron chi connectivity index (χ0n) is 15.5. The van der Waals surface area contributed by atoms with Crippen molar-refractivity contribution in [3.8, 4) is 0 Å². The molecular weight excluding hydrogens is 409 g/mol. The fraction of sp³-hybridized carbons (Fsp3) is 0.190. The molecule has 0 unspecified atom stereocenters. The summed E-state index contributed by atoms with van der Waals surface area (Å²) in [7, 11) is 0. The van der Waals surface area contributed by atoms with Gasteiger partial charge in [-0.3, -0.25) is 4.79 Å². The molecule has 0 saturated carbocycles. The lowest BCUT2D eigenvalue weighted by Crippen LogP contribution is -2.24. The average molecular weight is 428 g/mol. The molecule has 1 amide bonds. The van der Waals surface area contributed by atoms with Crippen molar-refractivity contribution < 1.29 is 4.79 Å². The monoisotopic (exact) mass is 427 g/mol. The summed E-state index contributed by atoms with van der Waals surface area (Å²) in [5, 5.41) is 4.73. The quantitative estimate of drug-likeness (QED) is 0.437. The van der Waals surface area contributed by atoms with Crippen molar-refractivity contribution in [3.63, 3.8) is 0 Å². The number of carbonyl (C=O) groups is 1. The second-order valence-corrected chi connectivity index (χ2v) is 7.56. The summed E-state index contributed by atoms with van der Waals surface area (Å²) in [5.74, 6) is 0.271. The van der Waals surface area contributed by atoms with E-state index in [1.54, 1.807) is 24.5 Å². The number of nitrogens with zero attached hydrogens (tertiary/aromatic N) is 3. The first-order chi connectivity index (χ1) is 14.0. The molecular formula is C21H19Cl2N5O. The molecule has 148 valence electrons. The minimum Gasteiger partial charge on any atom is -0.382 e. The van der Waals surface area contributed by atoms with Crippen LogP contribution in [-0.2, 0) is 6.54 Å². The van der Waals surface area contributed by atoms with Crippen LogP contribution in [0.25, 0.3) is 21.9 Å². The number of nitrogens with one attached hydrogen (secondary N) is 1. The van der Waals surface area contributed by atoms with E-state index in [0.29, 0.717) is 28.0 Å². The van der Waals surface area contributed by atoms with E-state index >= 15 is 0 Å². The number of nitrogens with two attached hydrogens (primary N) is 1. The second-order valence-electron chi connectivity index (χ2n) is 6.74. The van der Waals surface area contributed by atoms with Crippen molar-refractivity contribution in [2.75, 3.05) is 12.3 Å². The molecule has 8 heteroatoms. The van der Waals surface area contributed by atoms with E-state index in [1.165, 1.54) is 0 Å². The number of aromatic nitrogens is 3.